The fourth-order valence-electron chi connectivity index (χ4n) is 18.2. The number of nitrogens with two attached hydrogens (primary N) is 1. The van der Waals surface area contributed by atoms with Gasteiger partial charge in [0.1, 0.15) is 28.6 Å². The van der Waals surface area contributed by atoms with Gasteiger partial charge in [0.15, 0.2) is 5.82 Å². The summed E-state index contributed by atoms with van der Waals surface area (Å²) < 4.78 is 6.58. The Labute approximate surface area is 828 Å². The predicted molar refractivity (Wildman–Crippen MR) is 579 cm³/mol. The number of fused-ring (bicyclic) bond motifs is 4. The van der Waals surface area contributed by atoms with E-state index in [0.717, 1.165) is 156 Å². The molecule has 7 heterocycles. The summed E-state index contributed by atoms with van der Waals surface area (Å²) in [6.07, 6.45) is 5.36. The molecule has 0 unspecified atom stereocenters. The third-order valence-corrected chi connectivity index (χ3v) is 26.4. The van der Waals surface area contributed by atoms with E-state index in [1.165, 1.54) is 76.7 Å². The highest BCUT2D eigenvalue weighted by Gasteiger charge is 2.26. The van der Waals surface area contributed by atoms with Crippen molar-refractivity contribution in [2.75, 3.05) is 27.0 Å². The summed E-state index contributed by atoms with van der Waals surface area (Å²) in [6.45, 7) is 42.6. The molecule has 0 atom stereocenters. The number of benzene rings is 13. The van der Waals surface area contributed by atoms with Crippen LogP contribution in [0, 0.1) is 145 Å². The summed E-state index contributed by atoms with van der Waals surface area (Å²) in [6, 6.07) is 88.1. The maximum absolute atomic E-state index is 13.5. The van der Waals surface area contributed by atoms with Crippen LogP contribution in [0.25, 0.3) is 111 Å². The standard InChI is InChI=1S/C32H31N3O.C30H29N5O.C30H28N4O.C29H27N5O/c1-19-9-7-8-10-28(19)25-11-12-30(23(5)16-25)35-31(17-24(6)34-35)32(36)33-29-18-27-14-21(3)20(2)13-26(27)15-22(29)4;1-17-8-6-7-9-24(17)22-10-11-27(19(3)13-22)35-28(15-21(5)34-35)30(36)33-26-16-25-23(12-18(26)2)14-20(4)32-29(25)31;1-18-8-6-7-9-26(18)23-10-11-29(31-17-23)34-28(15-22(5)33-34)30(35)32-27-16-25-13-20(3)19(2)12-24(25)14-21(27)4;1-17-8-6-7-9-25(17)24-15-30-29(31-16-24)34-27(13-21(5)33-34)28(35)32-26-14-23-11-19(3)18(2)10-22(23)12-20(26)4/h7-18H,1-6H3,(H,33,36);6-16H,1-5H3,(H2,31,32)(H,33,36);6-17H,1-5H3,(H,32,35);6-16H,1-5H3,(H,32,35). The molecule has 0 spiro atoms. The topological polar surface area (TPSA) is 265 Å². The van der Waals surface area contributed by atoms with E-state index in [2.05, 4.69) is 277 Å². The van der Waals surface area contributed by atoms with E-state index in [4.69, 9.17) is 5.73 Å². The zero-order valence-electron chi connectivity index (χ0n) is 84.1. The van der Waals surface area contributed by atoms with Crippen molar-refractivity contribution in [3.8, 4) is 67.6 Å². The van der Waals surface area contributed by atoms with E-state index in [-0.39, 0.29) is 23.6 Å². The molecule has 20 aromatic rings. The Morgan fingerprint density at radius 2 is 0.528 bits per heavy atom. The molecule has 708 valence electrons. The predicted octanol–water partition coefficient (Wildman–Crippen LogP) is 27.4. The van der Waals surface area contributed by atoms with Crippen molar-refractivity contribution in [2.45, 2.75) is 145 Å². The largest absolute Gasteiger partial charge is 0.383 e. The van der Waals surface area contributed by atoms with Crippen LogP contribution in [0.5, 0.6) is 0 Å². The Kier molecular flexibility index (Phi) is 27.5. The van der Waals surface area contributed by atoms with Gasteiger partial charge in [-0.05, 0) is 421 Å². The lowest BCUT2D eigenvalue weighted by atomic mass is 9.98. The first-order valence-electron chi connectivity index (χ1n) is 47.5. The third-order valence-electron chi connectivity index (χ3n) is 26.4. The summed E-state index contributed by atoms with van der Waals surface area (Å²) >= 11 is 0. The molecule has 0 radical (unpaired) electrons. The van der Waals surface area contributed by atoms with Crippen molar-refractivity contribution in [3.05, 3.63) is 420 Å². The third kappa shape index (κ3) is 20.7. The average Bonchev–Trinajstić information content (AvgIpc) is 0.949. The normalized spacial score (nSPS) is 11.1. The molecule has 0 saturated carbocycles. The van der Waals surface area contributed by atoms with E-state index in [9.17, 15) is 19.2 Å². The second-order valence-electron chi connectivity index (χ2n) is 37.5. The number of hydrogen-bond acceptors (Lipinski definition) is 13. The van der Waals surface area contributed by atoms with Crippen LogP contribution in [0.1, 0.15) is 159 Å². The van der Waals surface area contributed by atoms with Crippen molar-refractivity contribution >= 4 is 95.3 Å². The molecule has 0 fully saturated rings. The van der Waals surface area contributed by atoms with Gasteiger partial charge in [0, 0.05) is 63.5 Å². The SMILES string of the molecule is Cc1cc(C(=O)Nc2cc3cc(C)c(C)cc3cc2C)n(-c2ccc(-c3ccccc3C)cc2C)n1.Cc1cc(C(=O)Nc2cc3cc(C)c(C)cc3cc2C)n(-c2ccc(-c3ccccc3C)cn2)n1.Cc1cc(C(=O)Nc2cc3cc(C)c(C)cc3cc2C)n(-c2ncc(-c3ccccc3C)cn2)n1.Cc1cc2cc(C)c(NC(=O)c3cc(C)nn3-c3ccc(-c4ccccc4C)cc3C)cc2c(N)n1. The van der Waals surface area contributed by atoms with Gasteiger partial charge in [0.05, 0.1) is 34.2 Å². The summed E-state index contributed by atoms with van der Waals surface area (Å²) in [5, 5.41) is 39.4. The molecule has 21 nitrogen and oxygen atoms in total. The van der Waals surface area contributed by atoms with E-state index >= 15 is 0 Å². The Hall–Kier alpha value is -17.2. The second-order valence-corrected chi connectivity index (χ2v) is 37.5. The van der Waals surface area contributed by atoms with Gasteiger partial charge in [0.2, 0.25) is 0 Å². The number of carbonyl (C=O) groups is 4. The number of rotatable bonds is 16. The summed E-state index contributed by atoms with van der Waals surface area (Å²) in [7, 11) is 0. The van der Waals surface area contributed by atoms with Crippen LogP contribution in [0.4, 0.5) is 28.6 Å². The Balaban J connectivity index is 0.000000130. The van der Waals surface area contributed by atoms with Crippen LogP contribution < -0.4 is 27.0 Å². The number of amides is 4. The minimum absolute atomic E-state index is 0.177. The molecule has 0 bridgehead atoms. The first-order valence-corrected chi connectivity index (χ1v) is 47.5. The number of nitrogens with zero attached hydrogens (tertiary/aromatic N) is 12. The molecule has 6 N–H and O–H groups in total. The molecule has 142 heavy (non-hydrogen) atoms. The van der Waals surface area contributed by atoms with Crippen LogP contribution in [0.2, 0.25) is 0 Å². The summed E-state index contributed by atoms with van der Waals surface area (Å²) in [5.41, 5.74) is 43.8. The van der Waals surface area contributed by atoms with Gasteiger partial charge in [-0.3, -0.25) is 19.2 Å². The number of aryl methyl sites for hydroxylation is 21. The van der Waals surface area contributed by atoms with E-state index in [1.54, 1.807) is 44.6 Å². The number of nitrogen functional groups attached to an aromatic ring is 1. The lowest BCUT2D eigenvalue weighted by molar-refractivity contribution is 0.101. The lowest BCUT2D eigenvalue weighted by Crippen LogP contribution is -2.18. The van der Waals surface area contributed by atoms with E-state index in [0.29, 0.717) is 51.7 Å². The smallest absolute Gasteiger partial charge is 0.274 e. The molecular weight excluding hydrogens is 1760 g/mol. The van der Waals surface area contributed by atoms with Gasteiger partial charge in [0.25, 0.3) is 29.6 Å². The Morgan fingerprint density at radius 3 is 0.880 bits per heavy atom. The molecular formula is C121H115N17O4. The van der Waals surface area contributed by atoms with Crippen LogP contribution in [0.3, 0.4) is 0 Å². The van der Waals surface area contributed by atoms with E-state index in [1.807, 2.05) is 179 Å². The molecule has 4 amide bonds. The molecule has 0 aliphatic heterocycles. The number of carbonyl (C=O) groups excluding carboxylic acids is 4. The van der Waals surface area contributed by atoms with Crippen LogP contribution in [-0.2, 0) is 0 Å². The first-order chi connectivity index (χ1) is 68.0. The number of hydrogen-bond donors (Lipinski definition) is 5. The molecule has 13 aromatic carbocycles. The van der Waals surface area contributed by atoms with Crippen molar-refractivity contribution in [3.63, 3.8) is 0 Å². The highest BCUT2D eigenvalue weighted by molar-refractivity contribution is 6.09. The summed E-state index contributed by atoms with van der Waals surface area (Å²) in [4.78, 5) is 71.7. The molecule has 20 rings (SSSR count). The zero-order valence-corrected chi connectivity index (χ0v) is 84.1. The maximum atomic E-state index is 13.5. The lowest BCUT2D eigenvalue weighted by Gasteiger charge is -2.14. The second kappa shape index (κ2) is 40.5. The van der Waals surface area contributed by atoms with Crippen LogP contribution in [0.15, 0.2) is 279 Å². The van der Waals surface area contributed by atoms with Crippen molar-refractivity contribution in [1.82, 2.24) is 59.1 Å². The van der Waals surface area contributed by atoms with Gasteiger partial charge in [-0.2, -0.15) is 25.1 Å². The number of anilines is 5. The van der Waals surface area contributed by atoms with Gasteiger partial charge < -0.3 is 27.0 Å². The minimum atomic E-state index is -0.261. The van der Waals surface area contributed by atoms with Gasteiger partial charge in [-0.1, -0.05) is 146 Å². The van der Waals surface area contributed by atoms with Crippen LogP contribution in [-0.4, -0.2) is 82.7 Å². The van der Waals surface area contributed by atoms with Gasteiger partial charge in [-0.25, -0.2) is 34.0 Å². The van der Waals surface area contributed by atoms with E-state index < -0.39 is 0 Å². The van der Waals surface area contributed by atoms with Gasteiger partial charge in [-0.15, -0.1) is 0 Å². The van der Waals surface area contributed by atoms with Gasteiger partial charge >= 0.3 is 0 Å². The zero-order chi connectivity index (χ0) is 100. The summed E-state index contributed by atoms with van der Waals surface area (Å²) in [5.74, 6) is 0.503. The number of nitrogens with one attached hydrogen (secondary N) is 4. The van der Waals surface area contributed by atoms with Crippen molar-refractivity contribution in [1.29, 1.82) is 0 Å². The van der Waals surface area contributed by atoms with Crippen molar-refractivity contribution < 1.29 is 19.2 Å². The van der Waals surface area contributed by atoms with Crippen LogP contribution >= 0.6 is 0 Å². The number of aromatic nitrogens is 12. The van der Waals surface area contributed by atoms with Crippen molar-refractivity contribution in [2.24, 2.45) is 0 Å². The molecule has 0 aliphatic rings. The molecule has 21 heteroatoms. The fourth-order valence-corrected chi connectivity index (χ4v) is 18.2. The molecule has 7 aromatic heterocycles. The molecule has 0 aliphatic carbocycles. The molecule has 0 saturated heterocycles. The first kappa shape index (κ1) is 96.5. The fraction of sp³-hybridized carbons (Fsp3) is 0.174. The minimum Gasteiger partial charge on any atom is -0.383 e. The highest BCUT2D eigenvalue weighted by Crippen LogP contribution is 2.37. The Bertz CT molecular complexity index is 8160. The quantitative estimate of drug-likeness (QED) is 0.0603. The monoisotopic (exact) mass is 1870 g/mol. The Morgan fingerprint density at radius 1 is 0.239 bits per heavy atom. The average molecular weight is 1870 g/mol. The highest BCUT2D eigenvalue weighted by atomic mass is 16.2. The maximum Gasteiger partial charge on any atom is 0.274 e. The number of pyridine rings is 2.